The zero-order valence-electron chi connectivity index (χ0n) is 14.6. The molecule has 2 aromatic rings. The molecule has 8 nitrogen and oxygen atoms in total. The molecule has 0 saturated carbocycles. The number of likely N-dealkylation sites (tertiary alicyclic amines) is 1. The van der Waals surface area contributed by atoms with Crippen LogP contribution >= 0.6 is 0 Å². The average Bonchev–Trinajstić information content (AvgIpc) is 2.99. The van der Waals surface area contributed by atoms with Crippen LogP contribution in [-0.4, -0.2) is 50.9 Å². The Morgan fingerprint density at radius 2 is 1.85 bits per heavy atom. The standard InChI is InChI=1S/C17H19F2N5O3/c1-23-14(16(26)20-10-2-3-12(18)13(19)8-10)9-15(22-23)21-17(27)24-6-4-11(25)5-7-24/h2-3,8-9,11,25H,4-7H2,1H3,(H,20,26)(H,21,22,27). The molecule has 0 spiro atoms. The second-order valence-electron chi connectivity index (χ2n) is 6.27. The molecular weight excluding hydrogens is 360 g/mol. The Hall–Kier alpha value is -3.01. The van der Waals surface area contributed by atoms with Gasteiger partial charge in [-0.25, -0.2) is 13.6 Å². The quantitative estimate of drug-likeness (QED) is 0.759. The number of urea groups is 1. The van der Waals surface area contributed by atoms with Gasteiger partial charge in [0.15, 0.2) is 17.5 Å². The lowest BCUT2D eigenvalue weighted by molar-refractivity contribution is 0.0970. The zero-order chi connectivity index (χ0) is 19.6. The molecule has 2 heterocycles. The van der Waals surface area contributed by atoms with Gasteiger partial charge in [0.1, 0.15) is 5.69 Å². The Labute approximate surface area is 153 Å². The maximum Gasteiger partial charge on any atom is 0.323 e. The van der Waals surface area contributed by atoms with E-state index in [1.165, 1.54) is 23.9 Å². The normalized spacial score (nSPS) is 14.9. The molecule has 1 fully saturated rings. The van der Waals surface area contributed by atoms with E-state index >= 15 is 0 Å². The first kappa shape index (κ1) is 18.8. The van der Waals surface area contributed by atoms with Crippen molar-refractivity contribution in [2.45, 2.75) is 18.9 Å². The minimum atomic E-state index is -1.07. The Balaban J connectivity index is 1.65. The van der Waals surface area contributed by atoms with Crippen molar-refractivity contribution in [3.63, 3.8) is 0 Å². The van der Waals surface area contributed by atoms with Gasteiger partial charge in [-0.05, 0) is 25.0 Å². The maximum absolute atomic E-state index is 13.2. The van der Waals surface area contributed by atoms with Crippen LogP contribution in [0, 0.1) is 11.6 Å². The highest BCUT2D eigenvalue weighted by Crippen LogP contribution is 2.17. The van der Waals surface area contributed by atoms with Crippen LogP contribution in [0.4, 0.5) is 25.1 Å². The average molecular weight is 379 g/mol. The van der Waals surface area contributed by atoms with Crippen LogP contribution in [0.1, 0.15) is 23.3 Å². The van der Waals surface area contributed by atoms with E-state index in [9.17, 15) is 23.5 Å². The van der Waals surface area contributed by atoms with Crippen LogP contribution < -0.4 is 10.6 Å². The highest BCUT2D eigenvalue weighted by atomic mass is 19.2. The monoisotopic (exact) mass is 379 g/mol. The molecule has 0 bridgehead atoms. The fourth-order valence-corrected chi connectivity index (χ4v) is 2.77. The topological polar surface area (TPSA) is 99.5 Å². The fraction of sp³-hybridized carbons (Fsp3) is 0.353. The molecule has 144 valence electrons. The molecule has 10 heteroatoms. The van der Waals surface area contributed by atoms with Crippen LogP contribution in [0.5, 0.6) is 0 Å². The van der Waals surface area contributed by atoms with Gasteiger partial charge in [-0.2, -0.15) is 5.10 Å². The molecule has 0 atom stereocenters. The van der Waals surface area contributed by atoms with Gasteiger partial charge in [0.05, 0.1) is 6.10 Å². The third kappa shape index (κ3) is 4.40. The number of benzene rings is 1. The molecule has 27 heavy (non-hydrogen) atoms. The van der Waals surface area contributed by atoms with Gasteiger partial charge >= 0.3 is 6.03 Å². The van der Waals surface area contributed by atoms with Crippen molar-refractivity contribution in [3.05, 3.63) is 41.6 Å². The van der Waals surface area contributed by atoms with Crippen LogP contribution in [-0.2, 0) is 7.05 Å². The van der Waals surface area contributed by atoms with E-state index in [4.69, 9.17) is 0 Å². The summed E-state index contributed by atoms with van der Waals surface area (Å²) in [7, 11) is 1.52. The van der Waals surface area contributed by atoms with Gasteiger partial charge in [0.25, 0.3) is 5.91 Å². The number of hydrogen-bond acceptors (Lipinski definition) is 4. The molecular formula is C17H19F2N5O3. The third-order valence-electron chi connectivity index (χ3n) is 4.28. The Morgan fingerprint density at radius 3 is 2.52 bits per heavy atom. The van der Waals surface area contributed by atoms with Crippen molar-refractivity contribution in [1.29, 1.82) is 0 Å². The Morgan fingerprint density at radius 1 is 1.15 bits per heavy atom. The van der Waals surface area contributed by atoms with Gasteiger partial charge in [-0.1, -0.05) is 0 Å². The molecule has 1 aliphatic heterocycles. The van der Waals surface area contributed by atoms with Gasteiger partial charge in [0.2, 0.25) is 0 Å². The lowest BCUT2D eigenvalue weighted by Crippen LogP contribution is -2.42. The summed E-state index contributed by atoms with van der Waals surface area (Å²) >= 11 is 0. The molecule has 1 aromatic carbocycles. The number of rotatable bonds is 3. The van der Waals surface area contributed by atoms with Crippen LogP contribution in [0.2, 0.25) is 0 Å². The van der Waals surface area contributed by atoms with Crippen LogP contribution in [0.25, 0.3) is 0 Å². The summed E-state index contributed by atoms with van der Waals surface area (Å²) < 4.78 is 27.5. The number of nitrogens with zero attached hydrogens (tertiary/aromatic N) is 3. The predicted octanol–water partition coefficient (Wildman–Crippen LogP) is 1.94. The Kier molecular flexibility index (Phi) is 5.36. The number of nitrogens with one attached hydrogen (secondary N) is 2. The van der Waals surface area contributed by atoms with E-state index in [0.717, 1.165) is 12.1 Å². The number of carbonyl (C=O) groups excluding carboxylic acids is 2. The fourth-order valence-electron chi connectivity index (χ4n) is 2.77. The predicted molar refractivity (Wildman–Crippen MR) is 93.4 cm³/mol. The first-order chi connectivity index (χ1) is 12.8. The van der Waals surface area contributed by atoms with Crippen molar-refractivity contribution in [2.24, 2.45) is 7.05 Å². The molecule has 1 aromatic heterocycles. The lowest BCUT2D eigenvalue weighted by atomic mass is 10.1. The van der Waals surface area contributed by atoms with Crippen LogP contribution in [0.3, 0.4) is 0 Å². The number of aliphatic hydroxyl groups is 1. The first-order valence-corrected chi connectivity index (χ1v) is 8.38. The first-order valence-electron chi connectivity index (χ1n) is 8.38. The molecule has 0 radical (unpaired) electrons. The zero-order valence-corrected chi connectivity index (χ0v) is 14.6. The summed E-state index contributed by atoms with van der Waals surface area (Å²) in [4.78, 5) is 26.1. The van der Waals surface area contributed by atoms with Gasteiger partial charge in [-0.15, -0.1) is 0 Å². The number of aliphatic hydroxyl groups excluding tert-OH is 1. The minimum absolute atomic E-state index is 0.0950. The maximum atomic E-state index is 13.2. The second-order valence-corrected chi connectivity index (χ2v) is 6.27. The number of piperidine rings is 1. The number of carbonyl (C=O) groups is 2. The van der Waals surface area contributed by atoms with E-state index in [1.54, 1.807) is 4.90 Å². The molecule has 1 aliphatic rings. The summed E-state index contributed by atoms with van der Waals surface area (Å²) in [5, 5.41) is 18.6. The van der Waals surface area contributed by atoms with Gasteiger partial charge < -0.3 is 15.3 Å². The summed E-state index contributed by atoms with van der Waals surface area (Å²) in [5.74, 6) is -2.48. The van der Waals surface area contributed by atoms with Crippen molar-refractivity contribution < 1.29 is 23.5 Å². The summed E-state index contributed by atoms with van der Waals surface area (Å²) in [5.41, 5.74) is 0.224. The smallest absolute Gasteiger partial charge is 0.323 e. The van der Waals surface area contributed by atoms with Gasteiger partial charge in [0, 0.05) is 38.0 Å². The summed E-state index contributed by atoms with van der Waals surface area (Å²) in [6.07, 6.45) is 0.630. The van der Waals surface area contributed by atoms with Crippen LogP contribution in [0.15, 0.2) is 24.3 Å². The number of anilines is 2. The summed E-state index contributed by atoms with van der Waals surface area (Å²) in [6.45, 7) is 0.868. The van der Waals surface area contributed by atoms with Crippen molar-refractivity contribution in [1.82, 2.24) is 14.7 Å². The van der Waals surface area contributed by atoms with Crippen molar-refractivity contribution in [3.8, 4) is 0 Å². The molecule has 0 aliphatic carbocycles. The second kappa shape index (κ2) is 7.70. The van der Waals surface area contributed by atoms with Gasteiger partial charge in [-0.3, -0.25) is 14.8 Å². The Bertz CT molecular complexity index is 862. The van der Waals surface area contributed by atoms with Crippen molar-refractivity contribution in [2.75, 3.05) is 23.7 Å². The molecule has 3 N–H and O–H groups in total. The lowest BCUT2D eigenvalue weighted by Gasteiger charge is -2.29. The van der Waals surface area contributed by atoms with E-state index in [-0.39, 0.29) is 23.2 Å². The van der Waals surface area contributed by atoms with Crippen molar-refractivity contribution >= 4 is 23.4 Å². The SMILES string of the molecule is Cn1nc(NC(=O)N2CCC(O)CC2)cc1C(=O)Nc1ccc(F)c(F)c1. The van der Waals surface area contributed by atoms with E-state index in [0.29, 0.717) is 25.9 Å². The highest BCUT2D eigenvalue weighted by Gasteiger charge is 2.22. The van der Waals surface area contributed by atoms with E-state index in [2.05, 4.69) is 15.7 Å². The van der Waals surface area contributed by atoms with E-state index < -0.39 is 23.6 Å². The number of aryl methyl sites for hydroxylation is 1. The van der Waals surface area contributed by atoms with E-state index in [1.807, 2.05) is 0 Å². The highest BCUT2D eigenvalue weighted by molar-refractivity contribution is 6.04. The number of amides is 3. The molecule has 3 amide bonds. The minimum Gasteiger partial charge on any atom is -0.393 e. The third-order valence-corrected chi connectivity index (χ3v) is 4.28. The number of halogens is 2. The summed E-state index contributed by atoms with van der Waals surface area (Å²) in [6, 6.07) is 4.03. The number of aromatic nitrogens is 2. The molecule has 1 saturated heterocycles. The largest absolute Gasteiger partial charge is 0.393 e. The molecule has 0 unspecified atom stereocenters. The molecule has 3 rings (SSSR count). The number of hydrogen-bond donors (Lipinski definition) is 3.